The first kappa shape index (κ1) is 19.6. The molecule has 0 spiro atoms. The number of anilines is 1. The van der Waals surface area contributed by atoms with Crippen molar-refractivity contribution in [1.29, 1.82) is 0 Å². The number of nitrogens with zero attached hydrogens (tertiary/aromatic N) is 1. The van der Waals surface area contributed by atoms with Crippen LogP contribution in [0.5, 0.6) is 5.75 Å². The molecule has 1 heterocycles. The molecule has 146 valence electrons. The number of amides is 2. The van der Waals surface area contributed by atoms with Crippen molar-refractivity contribution in [2.45, 2.75) is 26.0 Å². The third-order valence-electron chi connectivity index (χ3n) is 4.91. The highest BCUT2D eigenvalue weighted by Gasteiger charge is 2.32. The van der Waals surface area contributed by atoms with E-state index in [0.717, 1.165) is 17.2 Å². The summed E-state index contributed by atoms with van der Waals surface area (Å²) in [5, 5.41) is 12.8. The molecule has 1 aliphatic rings. The zero-order chi connectivity index (χ0) is 20.3. The summed E-state index contributed by atoms with van der Waals surface area (Å²) in [6.07, 6.45) is 0.915. The van der Waals surface area contributed by atoms with Crippen molar-refractivity contribution in [3.05, 3.63) is 71.8 Å². The molecule has 0 aliphatic carbocycles. The van der Waals surface area contributed by atoms with Crippen LogP contribution in [-0.2, 0) is 9.53 Å². The predicted molar refractivity (Wildman–Crippen MR) is 107 cm³/mol. The maximum Gasteiger partial charge on any atom is 0.258 e. The summed E-state index contributed by atoms with van der Waals surface area (Å²) < 4.78 is 5.97. The van der Waals surface area contributed by atoms with Crippen LogP contribution in [0.25, 0.3) is 0 Å². The fourth-order valence-corrected chi connectivity index (χ4v) is 3.31. The van der Waals surface area contributed by atoms with Crippen LogP contribution in [0, 0.1) is 6.92 Å². The molecule has 2 N–H and O–H groups in total. The minimum absolute atomic E-state index is 0.132. The van der Waals surface area contributed by atoms with E-state index < -0.39 is 0 Å². The van der Waals surface area contributed by atoms with Gasteiger partial charge in [-0.2, -0.15) is 0 Å². The summed E-state index contributed by atoms with van der Waals surface area (Å²) in [5.41, 5.74) is 2.71. The van der Waals surface area contributed by atoms with Gasteiger partial charge in [0.25, 0.3) is 5.91 Å². The van der Waals surface area contributed by atoms with Gasteiger partial charge in [0.2, 0.25) is 5.91 Å². The van der Waals surface area contributed by atoms with E-state index in [1.807, 2.05) is 38.1 Å². The Kier molecular flexibility index (Phi) is 5.80. The number of aryl methyl sites for hydroxylation is 1. The summed E-state index contributed by atoms with van der Waals surface area (Å²) in [6, 6.07) is 12.2. The first-order valence-corrected chi connectivity index (χ1v) is 9.15. The molecule has 2 aromatic rings. The molecule has 3 rings (SSSR count). The number of aromatic hydroxyl groups is 1. The molecule has 28 heavy (non-hydrogen) atoms. The zero-order valence-electron chi connectivity index (χ0n) is 16.0. The molecule has 6 nitrogen and oxygen atoms in total. The summed E-state index contributed by atoms with van der Waals surface area (Å²) in [5.74, 6) is -0.822. The quantitative estimate of drug-likeness (QED) is 0.629. The highest BCUT2D eigenvalue weighted by atomic mass is 16.5. The van der Waals surface area contributed by atoms with Gasteiger partial charge < -0.3 is 20.1 Å². The lowest BCUT2D eigenvalue weighted by Crippen LogP contribution is -2.48. The van der Waals surface area contributed by atoms with Crippen LogP contribution in [0.3, 0.4) is 0 Å². The first-order valence-electron chi connectivity index (χ1n) is 9.15. The lowest BCUT2D eigenvalue weighted by Gasteiger charge is -2.38. The van der Waals surface area contributed by atoms with Crippen molar-refractivity contribution in [2.75, 3.05) is 18.5 Å². The molecule has 0 saturated carbocycles. The molecule has 2 atom stereocenters. The van der Waals surface area contributed by atoms with Crippen molar-refractivity contribution >= 4 is 17.5 Å². The van der Waals surface area contributed by atoms with E-state index in [0.29, 0.717) is 18.8 Å². The minimum atomic E-state index is -0.386. The summed E-state index contributed by atoms with van der Waals surface area (Å²) >= 11 is 0. The van der Waals surface area contributed by atoms with E-state index >= 15 is 0 Å². The Morgan fingerprint density at radius 1 is 1.29 bits per heavy atom. The Morgan fingerprint density at radius 3 is 2.75 bits per heavy atom. The molecule has 1 aliphatic heterocycles. The van der Waals surface area contributed by atoms with E-state index in [9.17, 15) is 14.7 Å². The number of nitrogens with one attached hydrogen (secondary N) is 1. The number of phenolic OH excluding ortho intramolecular Hbond substituents is 1. The van der Waals surface area contributed by atoms with E-state index in [2.05, 4.69) is 11.9 Å². The molecule has 0 bridgehead atoms. The van der Waals surface area contributed by atoms with Crippen LogP contribution in [0.15, 0.2) is 55.1 Å². The second-order valence-corrected chi connectivity index (χ2v) is 6.91. The molecule has 6 heteroatoms. The van der Waals surface area contributed by atoms with Crippen LogP contribution in [0.2, 0.25) is 0 Å². The van der Waals surface area contributed by atoms with E-state index in [1.165, 1.54) is 18.2 Å². The number of hydrogen-bond acceptors (Lipinski definition) is 4. The molecule has 1 fully saturated rings. The van der Waals surface area contributed by atoms with Crippen LogP contribution >= 0.6 is 0 Å². The van der Waals surface area contributed by atoms with Crippen molar-refractivity contribution < 1.29 is 19.4 Å². The van der Waals surface area contributed by atoms with Gasteiger partial charge in [0.15, 0.2) is 0 Å². The van der Waals surface area contributed by atoms with Crippen molar-refractivity contribution in [3.63, 3.8) is 0 Å². The number of benzene rings is 2. The average molecular weight is 380 g/mol. The standard InChI is InChI=1S/C22H24N2O4/c1-4-21(26)23-16-9-10-19(25)18(11-16)22(27)24-12-20(28-13-15(24)3)17-8-6-5-7-14(17)2/h4-11,15,20,25H,1,12-13H2,2-3H3,(H,23,26). The Hall–Kier alpha value is -3.12. The van der Waals surface area contributed by atoms with Gasteiger partial charge in [-0.15, -0.1) is 0 Å². The van der Waals surface area contributed by atoms with Gasteiger partial charge >= 0.3 is 0 Å². The second-order valence-electron chi connectivity index (χ2n) is 6.91. The number of rotatable bonds is 4. The van der Waals surface area contributed by atoms with Crippen molar-refractivity contribution in [3.8, 4) is 5.75 Å². The van der Waals surface area contributed by atoms with Gasteiger partial charge in [0.05, 0.1) is 24.8 Å². The van der Waals surface area contributed by atoms with Gasteiger partial charge in [0.1, 0.15) is 11.9 Å². The number of carbonyl (C=O) groups is 2. The highest BCUT2D eigenvalue weighted by Crippen LogP contribution is 2.30. The van der Waals surface area contributed by atoms with Crippen molar-refractivity contribution in [2.24, 2.45) is 0 Å². The average Bonchev–Trinajstić information content (AvgIpc) is 2.69. The number of ether oxygens (including phenoxy) is 1. The Labute approximate surface area is 164 Å². The van der Waals surface area contributed by atoms with Gasteiger partial charge in [-0.1, -0.05) is 30.8 Å². The lowest BCUT2D eigenvalue weighted by atomic mass is 10.0. The SMILES string of the molecule is C=CC(=O)Nc1ccc(O)c(C(=O)N2CC(c3ccccc3C)OCC2C)c1. The molecule has 2 amide bonds. The van der Waals surface area contributed by atoms with E-state index in [4.69, 9.17) is 4.74 Å². The van der Waals surface area contributed by atoms with Gasteiger partial charge in [-0.05, 0) is 49.2 Å². The Balaban J connectivity index is 1.86. The maximum atomic E-state index is 13.2. The fourth-order valence-electron chi connectivity index (χ4n) is 3.31. The molecule has 1 saturated heterocycles. The van der Waals surface area contributed by atoms with Gasteiger partial charge in [0, 0.05) is 5.69 Å². The molecule has 2 unspecified atom stereocenters. The van der Waals surface area contributed by atoms with Gasteiger partial charge in [-0.3, -0.25) is 9.59 Å². The predicted octanol–water partition coefficient (Wildman–Crippen LogP) is 3.43. The topological polar surface area (TPSA) is 78.9 Å². The lowest BCUT2D eigenvalue weighted by molar-refractivity contribution is -0.111. The molecular weight excluding hydrogens is 356 g/mol. The van der Waals surface area contributed by atoms with E-state index in [1.54, 1.807) is 4.90 Å². The third-order valence-corrected chi connectivity index (χ3v) is 4.91. The zero-order valence-corrected chi connectivity index (χ0v) is 16.0. The largest absolute Gasteiger partial charge is 0.507 e. The van der Waals surface area contributed by atoms with Gasteiger partial charge in [-0.25, -0.2) is 0 Å². The number of carbonyl (C=O) groups excluding carboxylic acids is 2. The highest BCUT2D eigenvalue weighted by molar-refractivity contribution is 6.02. The Morgan fingerprint density at radius 2 is 2.04 bits per heavy atom. The smallest absolute Gasteiger partial charge is 0.258 e. The normalized spacial score (nSPS) is 19.1. The summed E-state index contributed by atoms with van der Waals surface area (Å²) in [6.45, 7) is 8.12. The second kappa shape index (κ2) is 8.27. The fraction of sp³-hybridized carbons (Fsp3) is 0.273. The van der Waals surface area contributed by atoms with Crippen molar-refractivity contribution in [1.82, 2.24) is 4.90 Å². The number of morpholine rings is 1. The molecule has 0 radical (unpaired) electrons. The first-order chi connectivity index (χ1) is 13.4. The van der Waals surface area contributed by atoms with Crippen LogP contribution in [-0.4, -0.2) is 41.0 Å². The molecule has 2 aromatic carbocycles. The maximum absolute atomic E-state index is 13.2. The number of hydrogen-bond donors (Lipinski definition) is 2. The van der Waals surface area contributed by atoms with Crippen LogP contribution in [0.1, 0.15) is 34.5 Å². The van der Waals surface area contributed by atoms with Crippen LogP contribution in [0.4, 0.5) is 5.69 Å². The summed E-state index contributed by atoms with van der Waals surface area (Å²) in [4.78, 5) is 26.4. The number of phenols is 1. The molecule has 0 aromatic heterocycles. The van der Waals surface area contributed by atoms with Crippen LogP contribution < -0.4 is 5.32 Å². The Bertz CT molecular complexity index is 909. The van der Waals surface area contributed by atoms with E-state index in [-0.39, 0.29) is 35.3 Å². The minimum Gasteiger partial charge on any atom is -0.507 e. The summed E-state index contributed by atoms with van der Waals surface area (Å²) in [7, 11) is 0. The third kappa shape index (κ3) is 4.07. The molecular formula is C22H24N2O4. The monoisotopic (exact) mass is 380 g/mol.